The van der Waals surface area contributed by atoms with Gasteiger partial charge in [0.2, 0.25) is 0 Å². The number of aryl methyl sites for hydroxylation is 1. The molecule has 0 saturated carbocycles. The fourth-order valence-electron chi connectivity index (χ4n) is 1.98. The van der Waals surface area contributed by atoms with Gasteiger partial charge < -0.3 is 10.4 Å². The predicted molar refractivity (Wildman–Crippen MR) is 91.9 cm³/mol. The highest BCUT2D eigenvalue weighted by Gasteiger charge is 2.21. The van der Waals surface area contributed by atoms with Crippen LogP contribution in [-0.4, -0.2) is 21.9 Å². The number of rotatable bonds is 4. The van der Waals surface area contributed by atoms with Gasteiger partial charge in [-0.2, -0.15) is 0 Å². The number of carboxylic acids is 1. The zero-order chi connectivity index (χ0) is 17.1. The van der Waals surface area contributed by atoms with Gasteiger partial charge in [0.15, 0.2) is 0 Å². The number of carbonyl (C=O) groups excluding carboxylic acids is 1. The van der Waals surface area contributed by atoms with Crippen LogP contribution in [0.2, 0.25) is 0 Å². The Balaban J connectivity index is 2.38. The van der Waals surface area contributed by atoms with E-state index >= 15 is 0 Å². The topological polar surface area (TPSA) is 110 Å². The van der Waals surface area contributed by atoms with Crippen LogP contribution in [0.4, 0.5) is 11.4 Å². The number of nitro groups is 1. The molecule has 0 unspecified atom stereocenters. The number of hydrogen-bond acceptors (Lipinski definition) is 4. The Morgan fingerprint density at radius 1 is 1.17 bits per heavy atom. The fourth-order valence-corrected chi connectivity index (χ4v) is 2.62. The van der Waals surface area contributed by atoms with Crippen molar-refractivity contribution in [1.82, 2.24) is 0 Å². The maximum absolute atomic E-state index is 12.3. The summed E-state index contributed by atoms with van der Waals surface area (Å²) in [6.07, 6.45) is 0. The van der Waals surface area contributed by atoms with E-state index in [1.54, 1.807) is 12.1 Å². The lowest BCUT2D eigenvalue weighted by Crippen LogP contribution is -2.17. The molecule has 7 nitrogen and oxygen atoms in total. The normalized spacial score (nSPS) is 10.2. The summed E-state index contributed by atoms with van der Waals surface area (Å²) in [7, 11) is 0. The number of aromatic carboxylic acids is 1. The van der Waals surface area contributed by atoms with Crippen LogP contribution in [0, 0.1) is 20.6 Å². The van der Waals surface area contributed by atoms with Crippen LogP contribution in [0.3, 0.4) is 0 Å². The summed E-state index contributed by atoms with van der Waals surface area (Å²) >= 11 is 2.14. The molecule has 0 aliphatic heterocycles. The number of amides is 1. The maximum atomic E-state index is 12.3. The number of non-ortho nitro benzene ring substituents is 1. The molecule has 2 aromatic carbocycles. The molecule has 0 aliphatic rings. The van der Waals surface area contributed by atoms with E-state index in [0.29, 0.717) is 5.69 Å². The second-order valence-corrected chi connectivity index (χ2v) is 5.95. The zero-order valence-corrected chi connectivity index (χ0v) is 14.0. The molecule has 2 rings (SSSR count). The minimum Gasteiger partial charge on any atom is -0.478 e. The Labute approximate surface area is 144 Å². The van der Waals surface area contributed by atoms with Crippen LogP contribution in [0.1, 0.15) is 26.3 Å². The largest absolute Gasteiger partial charge is 0.478 e. The molecule has 8 heteroatoms. The van der Waals surface area contributed by atoms with E-state index in [1.807, 2.05) is 13.0 Å². The molecule has 0 radical (unpaired) electrons. The molecule has 0 atom stereocenters. The minimum atomic E-state index is -1.40. The SMILES string of the molecule is Cc1cc(I)ccc1NC(=O)c1ccc([N+](=O)[O-])cc1C(=O)O. The first-order chi connectivity index (χ1) is 10.8. The van der Waals surface area contributed by atoms with Crippen LogP contribution in [0.5, 0.6) is 0 Å². The van der Waals surface area contributed by atoms with Crippen LogP contribution < -0.4 is 5.32 Å². The van der Waals surface area contributed by atoms with E-state index < -0.39 is 22.4 Å². The number of carboxylic acid groups (broad SMARTS) is 1. The number of nitrogens with one attached hydrogen (secondary N) is 1. The van der Waals surface area contributed by atoms with E-state index in [0.717, 1.165) is 27.3 Å². The quantitative estimate of drug-likeness (QED) is 0.442. The van der Waals surface area contributed by atoms with Crippen LogP contribution in [0.25, 0.3) is 0 Å². The van der Waals surface area contributed by atoms with E-state index in [4.69, 9.17) is 0 Å². The van der Waals surface area contributed by atoms with E-state index in [2.05, 4.69) is 27.9 Å². The number of nitro benzene ring substituents is 1. The minimum absolute atomic E-state index is 0.138. The van der Waals surface area contributed by atoms with Gasteiger partial charge in [-0.3, -0.25) is 14.9 Å². The van der Waals surface area contributed by atoms with Gasteiger partial charge >= 0.3 is 5.97 Å². The Morgan fingerprint density at radius 3 is 2.43 bits per heavy atom. The highest BCUT2D eigenvalue weighted by atomic mass is 127. The van der Waals surface area contributed by atoms with Gasteiger partial charge in [-0.25, -0.2) is 4.79 Å². The molecule has 0 fully saturated rings. The van der Waals surface area contributed by atoms with Gasteiger partial charge in [-0.15, -0.1) is 0 Å². The van der Waals surface area contributed by atoms with Crippen molar-refractivity contribution in [2.45, 2.75) is 6.92 Å². The Kier molecular flexibility index (Phi) is 4.94. The van der Waals surface area contributed by atoms with Gasteiger partial charge in [-0.1, -0.05) is 0 Å². The number of benzene rings is 2. The van der Waals surface area contributed by atoms with Crippen LogP contribution >= 0.6 is 22.6 Å². The summed E-state index contributed by atoms with van der Waals surface area (Å²) in [5, 5.41) is 22.5. The molecule has 0 bridgehead atoms. The van der Waals surface area contributed by atoms with Crippen molar-refractivity contribution < 1.29 is 19.6 Å². The van der Waals surface area contributed by atoms with Gasteiger partial charge in [0.25, 0.3) is 11.6 Å². The first kappa shape index (κ1) is 16.9. The first-order valence-electron chi connectivity index (χ1n) is 6.39. The van der Waals surface area contributed by atoms with Gasteiger partial charge in [0.1, 0.15) is 0 Å². The number of nitrogens with zero attached hydrogens (tertiary/aromatic N) is 1. The van der Waals surface area contributed by atoms with Crippen molar-refractivity contribution in [3.63, 3.8) is 0 Å². The molecule has 23 heavy (non-hydrogen) atoms. The summed E-state index contributed by atoms with van der Waals surface area (Å²) in [6, 6.07) is 8.49. The Bertz CT molecular complexity index is 820. The second kappa shape index (κ2) is 6.73. The van der Waals surface area contributed by atoms with Crippen molar-refractivity contribution in [2.75, 3.05) is 5.32 Å². The third kappa shape index (κ3) is 3.83. The average molecular weight is 426 g/mol. The smallest absolute Gasteiger partial charge is 0.336 e. The third-order valence-corrected chi connectivity index (χ3v) is 3.80. The Hall–Kier alpha value is -2.49. The average Bonchev–Trinajstić information content (AvgIpc) is 2.49. The number of halogens is 1. The fraction of sp³-hybridized carbons (Fsp3) is 0.0667. The number of carbonyl (C=O) groups is 2. The monoisotopic (exact) mass is 426 g/mol. The predicted octanol–water partition coefficient (Wildman–Crippen LogP) is 3.46. The molecular formula is C15H11IN2O5. The lowest BCUT2D eigenvalue weighted by Gasteiger charge is -2.10. The molecule has 2 aromatic rings. The summed E-state index contributed by atoms with van der Waals surface area (Å²) in [5.74, 6) is -2.04. The van der Waals surface area contributed by atoms with Crippen molar-refractivity contribution in [3.05, 3.63) is 66.8 Å². The molecule has 0 spiro atoms. The van der Waals surface area contributed by atoms with Crippen LogP contribution in [0.15, 0.2) is 36.4 Å². The third-order valence-electron chi connectivity index (χ3n) is 3.13. The van der Waals surface area contributed by atoms with E-state index in [1.165, 1.54) is 0 Å². The molecule has 1 amide bonds. The summed E-state index contributed by atoms with van der Waals surface area (Å²) < 4.78 is 1.000. The summed E-state index contributed by atoms with van der Waals surface area (Å²) in [5.41, 5.74) is 0.430. The van der Waals surface area contributed by atoms with Crippen molar-refractivity contribution >= 4 is 45.8 Å². The highest BCUT2D eigenvalue weighted by molar-refractivity contribution is 14.1. The molecule has 0 saturated heterocycles. The maximum Gasteiger partial charge on any atom is 0.336 e. The molecule has 2 N–H and O–H groups in total. The summed E-state index contributed by atoms with van der Waals surface area (Å²) in [6.45, 7) is 1.81. The lowest BCUT2D eigenvalue weighted by atomic mass is 10.1. The number of anilines is 1. The van der Waals surface area contributed by atoms with Crippen LogP contribution in [-0.2, 0) is 0 Å². The van der Waals surface area contributed by atoms with Crippen molar-refractivity contribution in [2.24, 2.45) is 0 Å². The van der Waals surface area contributed by atoms with E-state index in [9.17, 15) is 24.8 Å². The van der Waals surface area contributed by atoms with Gasteiger partial charge in [0, 0.05) is 21.4 Å². The molecule has 118 valence electrons. The first-order valence-corrected chi connectivity index (χ1v) is 7.46. The van der Waals surface area contributed by atoms with E-state index in [-0.39, 0.29) is 11.3 Å². The summed E-state index contributed by atoms with van der Waals surface area (Å²) in [4.78, 5) is 33.6. The molecular weight excluding hydrogens is 415 g/mol. The standard InChI is InChI=1S/C15H11IN2O5/c1-8-6-9(16)2-5-13(8)17-14(19)11-4-3-10(18(22)23)7-12(11)15(20)21/h2-7H,1H3,(H,17,19)(H,20,21). The van der Waals surface area contributed by atoms with Gasteiger partial charge in [-0.05, 0) is 59.3 Å². The van der Waals surface area contributed by atoms with Crippen molar-refractivity contribution in [3.8, 4) is 0 Å². The lowest BCUT2D eigenvalue weighted by molar-refractivity contribution is -0.384. The highest BCUT2D eigenvalue weighted by Crippen LogP contribution is 2.22. The van der Waals surface area contributed by atoms with Gasteiger partial charge in [0.05, 0.1) is 16.1 Å². The number of hydrogen-bond donors (Lipinski definition) is 2. The second-order valence-electron chi connectivity index (χ2n) is 4.71. The molecule has 0 aliphatic carbocycles. The zero-order valence-electron chi connectivity index (χ0n) is 11.9. The van der Waals surface area contributed by atoms with Crippen molar-refractivity contribution in [1.29, 1.82) is 0 Å². The molecule has 0 aromatic heterocycles. The Morgan fingerprint density at radius 2 is 1.87 bits per heavy atom. The molecule has 0 heterocycles.